The second kappa shape index (κ2) is 3.87. The Morgan fingerprint density at radius 1 is 1.50 bits per heavy atom. The molecule has 14 heavy (non-hydrogen) atoms. The van der Waals surface area contributed by atoms with Crippen molar-refractivity contribution in [1.82, 2.24) is 15.5 Å². The summed E-state index contributed by atoms with van der Waals surface area (Å²) in [6.45, 7) is 1.64. The van der Waals surface area contributed by atoms with E-state index in [9.17, 15) is 4.79 Å². The molecule has 4 nitrogen and oxygen atoms in total. The van der Waals surface area contributed by atoms with Gasteiger partial charge in [0.1, 0.15) is 0 Å². The second-order valence-electron chi connectivity index (χ2n) is 4.76. The van der Waals surface area contributed by atoms with E-state index in [1.807, 2.05) is 19.0 Å². The van der Waals surface area contributed by atoms with Gasteiger partial charge in [0.15, 0.2) is 0 Å². The van der Waals surface area contributed by atoms with E-state index in [4.69, 9.17) is 0 Å². The van der Waals surface area contributed by atoms with Crippen molar-refractivity contribution in [2.45, 2.75) is 24.9 Å². The lowest BCUT2D eigenvalue weighted by molar-refractivity contribution is -0.122. The molecule has 0 radical (unpaired) electrons. The van der Waals surface area contributed by atoms with Crippen molar-refractivity contribution >= 4 is 5.91 Å². The van der Waals surface area contributed by atoms with Crippen LogP contribution in [-0.2, 0) is 4.79 Å². The van der Waals surface area contributed by atoms with E-state index in [0.717, 1.165) is 18.9 Å². The lowest BCUT2D eigenvalue weighted by Gasteiger charge is -2.24. The van der Waals surface area contributed by atoms with Gasteiger partial charge in [-0.3, -0.25) is 4.79 Å². The molecule has 0 aromatic heterocycles. The number of amides is 1. The third-order valence-corrected chi connectivity index (χ3v) is 3.14. The van der Waals surface area contributed by atoms with Crippen molar-refractivity contribution in [2.75, 3.05) is 27.2 Å². The number of carbonyl (C=O) groups excluding carboxylic acids is 1. The molecule has 0 aromatic rings. The van der Waals surface area contributed by atoms with Crippen molar-refractivity contribution in [3.8, 4) is 0 Å². The molecule has 2 rings (SSSR count). The van der Waals surface area contributed by atoms with Gasteiger partial charge in [0.05, 0.1) is 6.54 Å². The highest BCUT2D eigenvalue weighted by molar-refractivity contribution is 5.78. The summed E-state index contributed by atoms with van der Waals surface area (Å²) in [5.74, 6) is 0.944. The van der Waals surface area contributed by atoms with Crippen LogP contribution in [0.2, 0.25) is 0 Å². The zero-order valence-corrected chi connectivity index (χ0v) is 8.92. The predicted octanol–water partition coefficient (Wildman–Crippen LogP) is -0.585. The molecule has 80 valence electrons. The summed E-state index contributed by atoms with van der Waals surface area (Å²) in [5, 5.41) is 6.53. The molecule has 2 aliphatic rings. The molecule has 1 saturated carbocycles. The van der Waals surface area contributed by atoms with E-state index in [1.54, 1.807) is 0 Å². The fourth-order valence-electron chi connectivity index (χ4n) is 2.55. The molecule has 1 amide bonds. The van der Waals surface area contributed by atoms with Crippen LogP contribution < -0.4 is 10.6 Å². The summed E-state index contributed by atoms with van der Waals surface area (Å²) in [4.78, 5) is 13.4. The maximum Gasteiger partial charge on any atom is 0.234 e. The summed E-state index contributed by atoms with van der Waals surface area (Å²) in [7, 11) is 3.83. The zero-order valence-electron chi connectivity index (χ0n) is 8.92. The summed E-state index contributed by atoms with van der Waals surface area (Å²) in [6, 6.07) is 0.910. The third-order valence-electron chi connectivity index (χ3n) is 3.14. The normalized spacial score (nSPS) is 35.2. The number of hydrogen-bond acceptors (Lipinski definition) is 3. The molecule has 4 heteroatoms. The average molecular weight is 197 g/mol. The van der Waals surface area contributed by atoms with Gasteiger partial charge >= 0.3 is 0 Å². The SMILES string of the molecule is CN(C)CC(=O)NC1CC2CNC1C2. The van der Waals surface area contributed by atoms with E-state index < -0.39 is 0 Å². The van der Waals surface area contributed by atoms with Crippen LogP contribution in [0.3, 0.4) is 0 Å². The van der Waals surface area contributed by atoms with Crippen LogP contribution >= 0.6 is 0 Å². The maximum absolute atomic E-state index is 11.5. The number of hydrogen-bond donors (Lipinski definition) is 2. The monoisotopic (exact) mass is 197 g/mol. The fourth-order valence-corrected chi connectivity index (χ4v) is 2.55. The van der Waals surface area contributed by atoms with Crippen molar-refractivity contribution < 1.29 is 4.79 Å². The molecule has 0 aromatic carbocycles. The number of piperidine rings is 1. The Morgan fingerprint density at radius 2 is 2.29 bits per heavy atom. The standard InChI is InChI=1S/C10H19N3O/c1-13(2)6-10(14)12-9-4-7-3-8(9)11-5-7/h7-9,11H,3-6H2,1-2H3,(H,12,14). The minimum Gasteiger partial charge on any atom is -0.351 e. The van der Waals surface area contributed by atoms with Crippen molar-refractivity contribution in [3.63, 3.8) is 0 Å². The molecule has 1 aliphatic carbocycles. The molecule has 2 N–H and O–H groups in total. The van der Waals surface area contributed by atoms with E-state index >= 15 is 0 Å². The molecule has 3 unspecified atom stereocenters. The van der Waals surface area contributed by atoms with Crippen LogP contribution in [0.25, 0.3) is 0 Å². The van der Waals surface area contributed by atoms with Gasteiger partial charge in [-0.2, -0.15) is 0 Å². The van der Waals surface area contributed by atoms with Crippen molar-refractivity contribution in [2.24, 2.45) is 5.92 Å². The largest absolute Gasteiger partial charge is 0.351 e. The van der Waals surface area contributed by atoms with Gasteiger partial charge in [-0.15, -0.1) is 0 Å². The Labute approximate surface area is 85.0 Å². The predicted molar refractivity (Wildman–Crippen MR) is 55.0 cm³/mol. The van der Waals surface area contributed by atoms with Gasteiger partial charge < -0.3 is 15.5 Å². The van der Waals surface area contributed by atoms with Crippen LogP contribution in [0.4, 0.5) is 0 Å². The van der Waals surface area contributed by atoms with Crippen LogP contribution in [0.1, 0.15) is 12.8 Å². The Kier molecular flexibility index (Phi) is 2.74. The molecule has 1 heterocycles. The van der Waals surface area contributed by atoms with Gasteiger partial charge in [0.2, 0.25) is 5.91 Å². The van der Waals surface area contributed by atoms with E-state index in [0.29, 0.717) is 18.6 Å². The highest BCUT2D eigenvalue weighted by atomic mass is 16.2. The summed E-state index contributed by atoms with van der Waals surface area (Å²) >= 11 is 0. The zero-order chi connectivity index (χ0) is 10.1. The smallest absolute Gasteiger partial charge is 0.234 e. The average Bonchev–Trinajstić information content (AvgIpc) is 2.62. The number of likely N-dealkylation sites (N-methyl/N-ethyl adjacent to an activating group) is 1. The van der Waals surface area contributed by atoms with Gasteiger partial charge in [-0.1, -0.05) is 0 Å². The van der Waals surface area contributed by atoms with Crippen molar-refractivity contribution in [1.29, 1.82) is 0 Å². The number of nitrogens with zero attached hydrogens (tertiary/aromatic N) is 1. The van der Waals surface area contributed by atoms with Crippen LogP contribution in [0.15, 0.2) is 0 Å². The molecule has 0 spiro atoms. The highest BCUT2D eigenvalue weighted by Crippen LogP contribution is 2.30. The van der Waals surface area contributed by atoms with Gasteiger partial charge in [0.25, 0.3) is 0 Å². The minimum absolute atomic E-state index is 0.148. The Hall–Kier alpha value is -0.610. The van der Waals surface area contributed by atoms with Crippen LogP contribution in [0, 0.1) is 5.92 Å². The first-order valence-corrected chi connectivity index (χ1v) is 5.32. The fraction of sp³-hybridized carbons (Fsp3) is 0.900. The molecule has 1 aliphatic heterocycles. The topological polar surface area (TPSA) is 44.4 Å². The minimum atomic E-state index is 0.148. The highest BCUT2D eigenvalue weighted by Gasteiger charge is 2.39. The molecule has 3 atom stereocenters. The third kappa shape index (κ3) is 2.07. The van der Waals surface area contributed by atoms with E-state index in [-0.39, 0.29) is 5.91 Å². The number of nitrogens with one attached hydrogen (secondary N) is 2. The van der Waals surface area contributed by atoms with Gasteiger partial charge in [-0.05, 0) is 39.4 Å². The summed E-state index contributed by atoms with van der Waals surface area (Å²) < 4.78 is 0. The molecule has 2 bridgehead atoms. The summed E-state index contributed by atoms with van der Waals surface area (Å²) in [6.07, 6.45) is 2.41. The number of carbonyl (C=O) groups is 1. The first kappa shape index (κ1) is 9.93. The van der Waals surface area contributed by atoms with Crippen molar-refractivity contribution in [3.05, 3.63) is 0 Å². The Bertz CT molecular complexity index is 229. The lowest BCUT2D eigenvalue weighted by atomic mass is 10.1. The van der Waals surface area contributed by atoms with Gasteiger partial charge in [0, 0.05) is 12.1 Å². The molecule has 2 fully saturated rings. The van der Waals surface area contributed by atoms with E-state index in [2.05, 4.69) is 10.6 Å². The molecular formula is C10H19N3O. The Balaban J connectivity index is 1.78. The number of rotatable bonds is 3. The first-order valence-electron chi connectivity index (χ1n) is 5.32. The Morgan fingerprint density at radius 3 is 2.79 bits per heavy atom. The van der Waals surface area contributed by atoms with Gasteiger partial charge in [-0.25, -0.2) is 0 Å². The maximum atomic E-state index is 11.5. The molecular weight excluding hydrogens is 178 g/mol. The van der Waals surface area contributed by atoms with Crippen LogP contribution in [0.5, 0.6) is 0 Å². The second-order valence-corrected chi connectivity index (χ2v) is 4.76. The number of fused-ring (bicyclic) bond motifs is 2. The quantitative estimate of drug-likeness (QED) is 0.636. The summed E-state index contributed by atoms with van der Waals surface area (Å²) in [5.41, 5.74) is 0. The lowest BCUT2D eigenvalue weighted by Crippen LogP contribution is -2.49. The van der Waals surface area contributed by atoms with Crippen LogP contribution in [-0.4, -0.2) is 50.1 Å². The molecule has 1 saturated heterocycles. The van der Waals surface area contributed by atoms with E-state index in [1.165, 1.54) is 6.42 Å². The first-order chi connectivity index (χ1) is 6.65.